The summed E-state index contributed by atoms with van der Waals surface area (Å²) in [5.41, 5.74) is 7.34. The summed E-state index contributed by atoms with van der Waals surface area (Å²) in [6.45, 7) is 4.12. The van der Waals surface area contributed by atoms with E-state index in [1.54, 1.807) is 25.1 Å². The second kappa shape index (κ2) is 6.60. The average molecular weight is 299 g/mol. The lowest BCUT2D eigenvalue weighted by atomic mass is 10.1. The maximum absolute atomic E-state index is 11.7. The lowest BCUT2D eigenvalue weighted by Gasteiger charge is -2.16. The highest BCUT2D eigenvalue weighted by Crippen LogP contribution is 2.21. The summed E-state index contributed by atoms with van der Waals surface area (Å²) in [5, 5.41) is 5.72. The molecule has 0 fully saturated rings. The van der Waals surface area contributed by atoms with E-state index < -0.39 is 9.84 Å². The standard InChI is InChI=1S/C13H21N3O3S/c1-4-15-13(17)10-5-6-11(14)12(7-10)16-9(2)8-20(3,18)19/h5-7,9,16H,4,8,14H2,1-3H3,(H,15,17). The van der Waals surface area contributed by atoms with Crippen molar-refractivity contribution in [3.63, 3.8) is 0 Å². The lowest BCUT2D eigenvalue weighted by Crippen LogP contribution is -2.26. The Morgan fingerprint density at radius 3 is 2.60 bits per heavy atom. The molecule has 0 saturated carbocycles. The highest BCUT2D eigenvalue weighted by atomic mass is 32.2. The van der Waals surface area contributed by atoms with Crippen molar-refractivity contribution in [3.8, 4) is 0 Å². The molecule has 0 aliphatic rings. The molecular formula is C13H21N3O3S. The molecule has 6 nitrogen and oxygen atoms in total. The lowest BCUT2D eigenvalue weighted by molar-refractivity contribution is 0.0956. The van der Waals surface area contributed by atoms with E-state index in [0.717, 1.165) is 0 Å². The van der Waals surface area contributed by atoms with Gasteiger partial charge in [0.05, 0.1) is 17.1 Å². The van der Waals surface area contributed by atoms with Crippen LogP contribution in [0, 0.1) is 0 Å². The summed E-state index contributed by atoms with van der Waals surface area (Å²) < 4.78 is 22.5. The number of carbonyl (C=O) groups is 1. The van der Waals surface area contributed by atoms with Crippen LogP contribution in [-0.2, 0) is 9.84 Å². The van der Waals surface area contributed by atoms with Crippen molar-refractivity contribution in [2.24, 2.45) is 0 Å². The van der Waals surface area contributed by atoms with Crippen LogP contribution in [0.4, 0.5) is 11.4 Å². The minimum atomic E-state index is -3.07. The molecule has 1 unspecified atom stereocenters. The Balaban J connectivity index is 2.89. The number of carbonyl (C=O) groups excluding carboxylic acids is 1. The topological polar surface area (TPSA) is 101 Å². The Hall–Kier alpha value is -1.76. The summed E-state index contributed by atoms with van der Waals surface area (Å²) in [5.74, 6) is -0.191. The molecule has 0 radical (unpaired) electrons. The van der Waals surface area contributed by atoms with Gasteiger partial charge >= 0.3 is 0 Å². The second-order valence-electron chi connectivity index (χ2n) is 4.80. The van der Waals surface area contributed by atoms with Crippen molar-refractivity contribution in [1.29, 1.82) is 0 Å². The van der Waals surface area contributed by atoms with Crippen LogP contribution in [0.1, 0.15) is 24.2 Å². The maximum Gasteiger partial charge on any atom is 0.251 e. The van der Waals surface area contributed by atoms with Gasteiger partial charge < -0.3 is 16.4 Å². The van der Waals surface area contributed by atoms with Gasteiger partial charge in [0.15, 0.2) is 0 Å². The van der Waals surface area contributed by atoms with Crippen LogP contribution in [0.25, 0.3) is 0 Å². The number of nitrogens with one attached hydrogen (secondary N) is 2. The van der Waals surface area contributed by atoms with Crippen LogP contribution < -0.4 is 16.4 Å². The van der Waals surface area contributed by atoms with Crippen LogP contribution >= 0.6 is 0 Å². The number of nitrogen functional groups attached to an aromatic ring is 1. The van der Waals surface area contributed by atoms with E-state index in [1.807, 2.05) is 6.92 Å². The largest absolute Gasteiger partial charge is 0.397 e. The molecular weight excluding hydrogens is 278 g/mol. The van der Waals surface area contributed by atoms with Crippen LogP contribution in [0.5, 0.6) is 0 Å². The van der Waals surface area contributed by atoms with Crippen LogP contribution in [0.3, 0.4) is 0 Å². The molecule has 1 aromatic carbocycles. The van der Waals surface area contributed by atoms with E-state index in [4.69, 9.17) is 5.73 Å². The number of hydrogen-bond acceptors (Lipinski definition) is 5. The van der Waals surface area contributed by atoms with Crippen LogP contribution in [0.2, 0.25) is 0 Å². The molecule has 20 heavy (non-hydrogen) atoms. The van der Waals surface area contributed by atoms with Gasteiger partial charge in [0.1, 0.15) is 9.84 Å². The number of anilines is 2. The van der Waals surface area contributed by atoms with Gasteiger partial charge in [-0.2, -0.15) is 0 Å². The van der Waals surface area contributed by atoms with Crippen LogP contribution in [-0.4, -0.2) is 38.9 Å². The van der Waals surface area contributed by atoms with Gasteiger partial charge in [0.25, 0.3) is 5.91 Å². The third-order valence-electron chi connectivity index (χ3n) is 2.61. The molecule has 0 spiro atoms. The molecule has 1 rings (SSSR count). The van der Waals surface area contributed by atoms with Gasteiger partial charge in [0, 0.05) is 24.4 Å². The van der Waals surface area contributed by atoms with E-state index in [1.165, 1.54) is 6.26 Å². The minimum Gasteiger partial charge on any atom is -0.397 e. The smallest absolute Gasteiger partial charge is 0.251 e. The maximum atomic E-state index is 11.7. The SMILES string of the molecule is CCNC(=O)c1ccc(N)c(NC(C)CS(C)(=O)=O)c1. The normalized spacial score (nSPS) is 12.8. The number of hydrogen-bond donors (Lipinski definition) is 3. The summed E-state index contributed by atoms with van der Waals surface area (Å²) in [7, 11) is -3.07. The van der Waals surface area contributed by atoms with Crippen LogP contribution in [0.15, 0.2) is 18.2 Å². The highest BCUT2D eigenvalue weighted by molar-refractivity contribution is 7.90. The summed E-state index contributed by atoms with van der Waals surface area (Å²) >= 11 is 0. The fourth-order valence-electron chi connectivity index (χ4n) is 1.85. The first-order valence-electron chi connectivity index (χ1n) is 6.35. The first kappa shape index (κ1) is 16.3. The molecule has 0 heterocycles. The quantitative estimate of drug-likeness (QED) is 0.676. The Labute approximate surface area is 119 Å². The Morgan fingerprint density at radius 2 is 2.05 bits per heavy atom. The van der Waals surface area contributed by atoms with Gasteiger partial charge in [-0.15, -0.1) is 0 Å². The highest BCUT2D eigenvalue weighted by Gasteiger charge is 2.13. The molecule has 0 aliphatic carbocycles. The molecule has 4 N–H and O–H groups in total. The van der Waals surface area contributed by atoms with E-state index in [2.05, 4.69) is 10.6 Å². The van der Waals surface area contributed by atoms with E-state index >= 15 is 0 Å². The Bertz CT molecular complexity index is 585. The summed E-state index contributed by atoms with van der Waals surface area (Å²) in [6.07, 6.45) is 1.18. The van der Waals surface area contributed by atoms with Crippen molar-refractivity contribution in [3.05, 3.63) is 23.8 Å². The predicted octanol–water partition coefficient (Wildman–Crippen LogP) is 0.863. The number of amides is 1. The Kier molecular flexibility index (Phi) is 5.38. The van der Waals surface area contributed by atoms with Gasteiger partial charge in [-0.25, -0.2) is 8.42 Å². The van der Waals surface area contributed by atoms with Crippen molar-refractivity contribution >= 4 is 27.1 Å². The van der Waals surface area contributed by atoms with Crippen molar-refractivity contribution in [2.75, 3.05) is 29.6 Å². The molecule has 112 valence electrons. The number of sulfone groups is 1. The molecule has 7 heteroatoms. The molecule has 1 atom stereocenters. The predicted molar refractivity (Wildman–Crippen MR) is 81.7 cm³/mol. The van der Waals surface area contributed by atoms with Gasteiger partial charge in [-0.05, 0) is 32.0 Å². The first-order chi connectivity index (χ1) is 9.23. The molecule has 0 aromatic heterocycles. The number of benzene rings is 1. The van der Waals surface area contributed by atoms with Crippen molar-refractivity contribution in [2.45, 2.75) is 19.9 Å². The minimum absolute atomic E-state index is 0.00216. The van der Waals surface area contributed by atoms with E-state index in [9.17, 15) is 13.2 Å². The Morgan fingerprint density at radius 1 is 1.40 bits per heavy atom. The molecule has 1 aromatic rings. The third kappa shape index (κ3) is 5.08. The van der Waals surface area contributed by atoms with Gasteiger partial charge in [0.2, 0.25) is 0 Å². The van der Waals surface area contributed by atoms with E-state index in [0.29, 0.717) is 23.5 Å². The molecule has 0 bridgehead atoms. The fourth-order valence-corrected chi connectivity index (χ4v) is 2.84. The zero-order chi connectivity index (χ0) is 15.3. The summed E-state index contributed by atoms with van der Waals surface area (Å²) in [4.78, 5) is 11.7. The first-order valence-corrected chi connectivity index (χ1v) is 8.41. The van der Waals surface area contributed by atoms with E-state index in [-0.39, 0.29) is 17.7 Å². The fraction of sp³-hybridized carbons (Fsp3) is 0.462. The van der Waals surface area contributed by atoms with Gasteiger partial charge in [-0.1, -0.05) is 0 Å². The molecule has 0 aliphatic heterocycles. The molecule has 0 saturated heterocycles. The third-order valence-corrected chi connectivity index (χ3v) is 3.71. The number of nitrogens with two attached hydrogens (primary N) is 1. The zero-order valence-electron chi connectivity index (χ0n) is 11.9. The average Bonchev–Trinajstić information content (AvgIpc) is 2.29. The number of rotatable bonds is 6. The monoisotopic (exact) mass is 299 g/mol. The molecule has 1 amide bonds. The second-order valence-corrected chi connectivity index (χ2v) is 6.98. The van der Waals surface area contributed by atoms with Crippen molar-refractivity contribution in [1.82, 2.24) is 5.32 Å². The van der Waals surface area contributed by atoms with Crippen molar-refractivity contribution < 1.29 is 13.2 Å². The van der Waals surface area contributed by atoms with Gasteiger partial charge in [-0.3, -0.25) is 4.79 Å². The summed E-state index contributed by atoms with van der Waals surface area (Å²) in [6, 6.07) is 4.59. The zero-order valence-corrected chi connectivity index (χ0v) is 12.8.